The van der Waals surface area contributed by atoms with Crippen LogP contribution in [0.1, 0.15) is 0 Å². The van der Waals surface area contributed by atoms with Crippen molar-refractivity contribution in [2.45, 2.75) is 4.90 Å². The van der Waals surface area contributed by atoms with Crippen LogP contribution in [0.5, 0.6) is 5.75 Å². The maximum atomic E-state index is 11.3. The fourth-order valence-electron chi connectivity index (χ4n) is 2.17. The van der Waals surface area contributed by atoms with Crippen LogP contribution in [0.25, 0.3) is 21.8 Å². The van der Waals surface area contributed by atoms with Crippen molar-refractivity contribution in [2.75, 3.05) is 7.11 Å². The lowest BCUT2D eigenvalue weighted by Gasteiger charge is -2.04. The van der Waals surface area contributed by atoms with Crippen LogP contribution in [0, 0.1) is 0 Å². The quantitative estimate of drug-likeness (QED) is 0.787. The Morgan fingerprint density at radius 3 is 2.43 bits per heavy atom. The number of methoxy groups -OCH3 is 1. The largest absolute Gasteiger partial charge is 0.496 e. The number of aromatic nitrogens is 1. The normalized spacial score (nSPS) is 11.4. The number of nitrogens with zero attached hydrogens (tertiary/aromatic N) is 1. The minimum atomic E-state index is -3.68. The van der Waals surface area contributed by atoms with E-state index in [9.17, 15) is 8.42 Å². The first-order chi connectivity index (χ1) is 11.0. The molecule has 0 aliphatic rings. The van der Waals surface area contributed by atoms with E-state index in [1.165, 1.54) is 23.5 Å². The third-order valence-electron chi connectivity index (χ3n) is 3.32. The molecule has 0 bridgehead atoms. The van der Waals surface area contributed by atoms with Gasteiger partial charge in [0.1, 0.15) is 10.8 Å². The highest BCUT2D eigenvalue weighted by Gasteiger charge is 2.12. The Morgan fingerprint density at radius 1 is 1.09 bits per heavy atom. The zero-order valence-corrected chi connectivity index (χ0v) is 13.9. The van der Waals surface area contributed by atoms with Gasteiger partial charge in [-0.3, -0.25) is 0 Å². The second kappa shape index (κ2) is 6.11. The summed E-state index contributed by atoms with van der Waals surface area (Å²) < 4.78 is 27.9. The summed E-state index contributed by atoms with van der Waals surface area (Å²) in [6.45, 7) is 0. The van der Waals surface area contributed by atoms with E-state index in [1.807, 2.05) is 29.6 Å². The van der Waals surface area contributed by atoms with Crippen LogP contribution < -0.4 is 9.88 Å². The predicted molar refractivity (Wildman–Crippen MR) is 90.9 cm³/mol. The van der Waals surface area contributed by atoms with Crippen LogP contribution in [-0.4, -0.2) is 20.5 Å². The number of primary sulfonamides is 1. The van der Waals surface area contributed by atoms with Gasteiger partial charge in [0.05, 0.1) is 23.3 Å². The molecule has 0 atom stereocenters. The van der Waals surface area contributed by atoms with Gasteiger partial charge in [0.2, 0.25) is 10.0 Å². The zero-order chi connectivity index (χ0) is 16.4. The zero-order valence-electron chi connectivity index (χ0n) is 12.3. The number of rotatable bonds is 4. The Hall–Kier alpha value is -2.22. The van der Waals surface area contributed by atoms with Gasteiger partial charge in [-0.1, -0.05) is 24.3 Å². The molecular formula is C16H14N2O3S2. The van der Waals surface area contributed by atoms with E-state index in [0.29, 0.717) is 0 Å². The number of para-hydroxylation sites is 1. The molecule has 3 aromatic rings. The van der Waals surface area contributed by atoms with Gasteiger partial charge < -0.3 is 4.74 Å². The molecule has 1 heterocycles. The van der Waals surface area contributed by atoms with E-state index in [4.69, 9.17) is 9.88 Å². The van der Waals surface area contributed by atoms with Crippen molar-refractivity contribution in [1.29, 1.82) is 0 Å². The van der Waals surface area contributed by atoms with Gasteiger partial charge in [-0.15, -0.1) is 11.3 Å². The fraction of sp³-hybridized carbons (Fsp3) is 0.0625. The summed E-state index contributed by atoms with van der Waals surface area (Å²) in [5.41, 5.74) is 2.53. The Morgan fingerprint density at radius 2 is 1.78 bits per heavy atom. The van der Waals surface area contributed by atoms with Crippen molar-refractivity contribution < 1.29 is 13.2 Å². The Bertz CT molecular complexity index is 932. The highest BCUT2D eigenvalue weighted by Crippen LogP contribution is 2.34. The first-order valence-electron chi connectivity index (χ1n) is 6.71. The van der Waals surface area contributed by atoms with Crippen LogP contribution in [0.2, 0.25) is 0 Å². The average Bonchev–Trinajstić information content (AvgIpc) is 3.04. The van der Waals surface area contributed by atoms with Crippen LogP contribution >= 0.6 is 11.3 Å². The summed E-state index contributed by atoms with van der Waals surface area (Å²) in [6, 6.07) is 14.0. The maximum absolute atomic E-state index is 11.3. The Balaban J connectivity index is 1.96. The molecular weight excluding hydrogens is 332 g/mol. The molecule has 0 unspecified atom stereocenters. The predicted octanol–water partition coefficient (Wildman–Crippen LogP) is 3.13. The van der Waals surface area contributed by atoms with Crippen molar-refractivity contribution in [2.24, 2.45) is 5.14 Å². The van der Waals surface area contributed by atoms with E-state index >= 15 is 0 Å². The van der Waals surface area contributed by atoms with Gasteiger partial charge in [-0.2, -0.15) is 0 Å². The molecule has 0 fully saturated rings. The number of hydrogen-bond donors (Lipinski definition) is 1. The summed E-state index contributed by atoms with van der Waals surface area (Å²) in [6.07, 6.45) is 0. The molecule has 7 heteroatoms. The maximum Gasteiger partial charge on any atom is 0.238 e. The monoisotopic (exact) mass is 346 g/mol. The molecule has 118 valence electrons. The molecule has 2 aromatic carbocycles. The standard InChI is InChI=1S/C16H14N2O3S2/c1-21-15-5-3-2-4-13(15)16-18-14(10-22-16)11-6-8-12(9-7-11)23(17,19)20/h2-10H,1H3,(H2,17,19,20). The van der Waals surface area contributed by atoms with Crippen LogP contribution in [0.15, 0.2) is 58.8 Å². The topological polar surface area (TPSA) is 82.3 Å². The third-order valence-corrected chi connectivity index (χ3v) is 5.12. The SMILES string of the molecule is COc1ccccc1-c1nc(-c2ccc(S(N)(=O)=O)cc2)cs1. The molecule has 23 heavy (non-hydrogen) atoms. The minimum Gasteiger partial charge on any atom is -0.496 e. The molecule has 0 saturated carbocycles. The van der Waals surface area contributed by atoms with Crippen LogP contribution in [0.3, 0.4) is 0 Å². The van der Waals surface area contributed by atoms with E-state index in [0.717, 1.165) is 27.6 Å². The molecule has 0 amide bonds. The van der Waals surface area contributed by atoms with Gasteiger partial charge in [0.15, 0.2) is 0 Å². The number of ether oxygens (including phenoxy) is 1. The second-order valence-corrected chi connectivity index (χ2v) is 7.23. The average molecular weight is 346 g/mol. The molecule has 0 spiro atoms. The summed E-state index contributed by atoms with van der Waals surface area (Å²) in [7, 11) is -2.06. The highest BCUT2D eigenvalue weighted by atomic mass is 32.2. The van der Waals surface area contributed by atoms with Gasteiger partial charge >= 0.3 is 0 Å². The molecule has 0 radical (unpaired) electrons. The number of thiazole rings is 1. The second-order valence-electron chi connectivity index (χ2n) is 4.81. The molecule has 1 aromatic heterocycles. The third kappa shape index (κ3) is 3.26. The molecule has 3 rings (SSSR count). The van der Waals surface area contributed by atoms with Crippen LogP contribution in [-0.2, 0) is 10.0 Å². The molecule has 0 saturated heterocycles. The van der Waals surface area contributed by atoms with E-state index in [2.05, 4.69) is 4.98 Å². The van der Waals surface area contributed by atoms with E-state index in [-0.39, 0.29) is 4.90 Å². The highest BCUT2D eigenvalue weighted by molar-refractivity contribution is 7.89. The summed E-state index contributed by atoms with van der Waals surface area (Å²) in [5.74, 6) is 0.762. The van der Waals surface area contributed by atoms with Gasteiger partial charge in [-0.25, -0.2) is 18.5 Å². The van der Waals surface area contributed by atoms with Crippen LogP contribution in [0.4, 0.5) is 0 Å². The number of nitrogens with two attached hydrogens (primary N) is 1. The summed E-state index contributed by atoms with van der Waals surface area (Å²) >= 11 is 1.50. The van der Waals surface area contributed by atoms with E-state index in [1.54, 1.807) is 19.2 Å². The van der Waals surface area contributed by atoms with Gasteiger partial charge in [0, 0.05) is 10.9 Å². The summed E-state index contributed by atoms with van der Waals surface area (Å²) in [4.78, 5) is 4.69. The lowest BCUT2D eigenvalue weighted by Crippen LogP contribution is -2.11. The lowest BCUT2D eigenvalue weighted by molar-refractivity contribution is 0.416. The Labute approximate surface area is 138 Å². The van der Waals surface area contributed by atoms with Gasteiger partial charge in [-0.05, 0) is 24.3 Å². The number of benzene rings is 2. The lowest BCUT2D eigenvalue weighted by atomic mass is 10.2. The van der Waals surface area contributed by atoms with Crippen molar-refractivity contribution in [3.8, 4) is 27.6 Å². The fourth-order valence-corrected chi connectivity index (χ4v) is 3.54. The van der Waals surface area contributed by atoms with Crippen molar-refractivity contribution in [1.82, 2.24) is 4.98 Å². The number of sulfonamides is 1. The minimum absolute atomic E-state index is 0.0847. The molecule has 5 nitrogen and oxygen atoms in total. The first kappa shape index (κ1) is 15.7. The van der Waals surface area contributed by atoms with Crippen molar-refractivity contribution in [3.05, 3.63) is 53.9 Å². The van der Waals surface area contributed by atoms with Gasteiger partial charge in [0.25, 0.3) is 0 Å². The molecule has 0 aliphatic carbocycles. The Kier molecular flexibility index (Phi) is 4.16. The smallest absolute Gasteiger partial charge is 0.238 e. The summed E-state index contributed by atoms with van der Waals surface area (Å²) in [5, 5.41) is 7.87. The molecule has 2 N–H and O–H groups in total. The molecule has 0 aliphatic heterocycles. The first-order valence-corrected chi connectivity index (χ1v) is 9.14. The number of hydrogen-bond acceptors (Lipinski definition) is 5. The van der Waals surface area contributed by atoms with E-state index < -0.39 is 10.0 Å². The van der Waals surface area contributed by atoms with Crippen molar-refractivity contribution >= 4 is 21.4 Å². The van der Waals surface area contributed by atoms with Crippen molar-refractivity contribution in [3.63, 3.8) is 0 Å².